The van der Waals surface area contributed by atoms with Crippen LogP contribution in [-0.2, 0) is 20.3 Å². The van der Waals surface area contributed by atoms with Crippen LogP contribution in [0.15, 0.2) is 38.5 Å². The molecule has 0 bridgehead atoms. The first-order valence-electron chi connectivity index (χ1n) is 7.07. The second kappa shape index (κ2) is 6.13. The molecule has 2 aromatic heterocycles. The maximum atomic E-state index is 12.8. The van der Waals surface area contributed by atoms with Crippen molar-refractivity contribution in [2.75, 3.05) is 0 Å². The van der Waals surface area contributed by atoms with E-state index in [2.05, 4.69) is 10.1 Å². The minimum absolute atomic E-state index is 0.00242. The molecule has 0 amide bonds. The number of alkyl halides is 3. The summed E-state index contributed by atoms with van der Waals surface area (Å²) in [6, 6.07) is 2.97. The Kier molecular flexibility index (Phi) is 4.23. The van der Waals surface area contributed by atoms with Crippen LogP contribution in [0.1, 0.15) is 5.56 Å². The van der Waals surface area contributed by atoms with E-state index in [1.807, 2.05) is 0 Å². The van der Waals surface area contributed by atoms with E-state index in [1.165, 1.54) is 24.9 Å². The fourth-order valence-corrected chi connectivity index (χ4v) is 2.58. The Morgan fingerprint density at radius 3 is 2.50 bits per heavy atom. The molecule has 0 unspecified atom stereocenters. The van der Waals surface area contributed by atoms with E-state index in [9.17, 15) is 22.8 Å². The summed E-state index contributed by atoms with van der Waals surface area (Å²) < 4.78 is 45.3. The first kappa shape index (κ1) is 17.9. The van der Waals surface area contributed by atoms with Gasteiger partial charge in [0.05, 0.1) is 10.6 Å². The van der Waals surface area contributed by atoms with Gasteiger partial charge in [0, 0.05) is 25.9 Å². The molecule has 0 fully saturated rings. The molecule has 0 atom stereocenters. The molecule has 136 valence electrons. The standard InChI is InChI=1S/C15H10ClF3N4O3/c1-22-6-8(13(24)23(2)14(22)25)11-20-12(26-21-11)7-3-4-9(10(16)5-7)15(17,18)19/h3-6H,1-2H3. The van der Waals surface area contributed by atoms with E-state index < -0.39 is 28.0 Å². The average Bonchev–Trinajstić information content (AvgIpc) is 3.04. The first-order valence-corrected chi connectivity index (χ1v) is 7.45. The van der Waals surface area contributed by atoms with Gasteiger partial charge in [0.25, 0.3) is 11.4 Å². The van der Waals surface area contributed by atoms with Crippen LogP contribution in [-0.4, -0.2) is 19.3 Å². The van der Waals surface area contributed by atoms with E-state index in [4.69, 9.17) is 16.1 Å². The molecular weight excluding hydrogens is 377 g/mol. The largest absolute Gasteiger partial charge is 0.417 e. The molecule has 11 heteroatoms. The second-order valence-corrected chi connectivity index (χ2v) is 5.82. The lowest BCUT2D eigenvalue weighted by atomic mass is 10.1. The summed E-state index contributed by atoms with van der Waals surface area (Å²) in [4.78, 5) is 27.9. The van der Waals surface area contributed by atoms with Gasteiger partial charge < -0.3 is 9.09 Å². The SMILES string of the molecule is Cn1cc(-c2noc(-c3ccc(C(F)(F)F)c(Cl)c3)n2)c(=O)n(C)c1=O. The van der Waals surface area contributed by atoms with Crippen LogP contribution < -0.4 is 11.2 Å². The lowest BCUT2D eigenvalue weighted by Gasteiger charge is -2.08. The Morgan fingerprint density at radius 2 is 1.88 bits per heavy atom. The van der Waals surface area contributed by atoms with Gasteiger partial charge in [-0.05, 0) is 18.2 Å². The number of nitrogens with zero attached hydrogens (tertiary/aromatic N) is 4. The van der Waals surface area contributed by atoms with Crippen LogP contribution in [0.2, 0.25) is 5.02 Å². The number of hydrogen-bond donors (Lipinski definition) is 0. The van der Waals surface area contributed by atoms with Crippen molar-refractivity contribution < 1.29 is 17.7 Å². The first-order chi connectivity index (χ1) is 12.1. The van der Waals surface area contributed by atoms with E-state index in [-0.39, 0.29) is 22.8 Å². The minimum Gasteiger partial charge on any atom is -0.334 e. The lowest BCUT2D eigenvalue weighted by Crippen LogP contribution is -2.37. The van der Waals surface area contributed by atoms with E-state index >= 15 is 0 Å². The third kappa shape index (κ3) is 3.03. The fraction of sp³-hybridized carbons (Fsp3) is 0.200. The van der Waals surface area contributed by atoms with Gasteiger partial charge in [0.2, 0.25) is 5.82 Å². The Labute approximate surface area is 148 Å². The van der Waals surface area contributed by atoms with Crippen molar-refractivity contribution in [2.45, 2.75) is 6.18 Å². The number of aryl methyl sites for hydroxylation is 1. The highest BCUT2D eigenvalue weighted by Crippen LogP contribution is 2.36. The van der Waals surface area contributed by atoms with Crippen molar-refractivity contribution >= 4 is 11.6 Å². The lowest BCUT2D eigenvalue weighted by molar-refractivity contribution is -0.137. The summed E-state index contributed by atoms with van der Waals surface area (Å²) in [5, 5.41) is 3.14. The van der Waals surface area contributed by atoms with Crippen LogP contribution in [0.3, 0.4) is 0 Å². The molecular formula is C15H10ClF3N4O3. The van der Waals surface area contributed by atoms with Crippen molar-refractivity contribution in [3.63, 3.8) is 0 Å². The quantitative estimate of drug-likeness (QED) is 0.675. The molecule has 0 radical (unpaired) electrons. The Morgan fingerprint density at radius 1 is 1.19 bits per heavy atom. The van der Waals surface area contributed by atoms with Gasteiger partial charge >= 0.3 is 11.9 Å². The topological polar surface area (TPSA) is 82.9 Å². The third-order valence-electron chi connectivity index (χ3n) is 3.63. The average molecular weight is 387 g/mol. The van der Waals surface area contributed by atoms with E-state index in [0.29, 0.717) is 0 Å². The smallest absolute Gasteiger partial charge is 0.334 e. The summed E-state index contributed by atoms with van der Waals surface area (Å²) in [5.41, 5.74) is -2.00. The van der Waals surface area contributed by atoms with Crippen LogP contribution in [0.5, 0.6) is 0 Å². The summed E-state index contributed by atoms with van der Waals surface area (Å²) in [5.74, 6) is -0.223. The molecule has 26 heavy (non-hydrogen) atoms. The predicted molar refractivity (Wildman–Crippen MR) is 85.7 cm³/mol. The number of halogens is 4. The molecule has 0 saturated carbocycles. The van der Waals surface area contributed by atoms with Crippen LogP contribution >= 0.6 is 11.6 Å². The summed E-state index contributed by atoms with van der Waals surface area (Å²) >= 11 is 5.67. The fourth-order valence-electron chi connectivity index (χ4n) is 2.29. The maximum Gasteiger partial charge on any atom is 0.417 e. The Hall–Kier alpha value is -2.88. The highest BCUT2D eigenvalue weighted by Gasteiger charge is 2.33. The van der Waals surface area contributed by atoms with Crippen LogP contribution in [0.25, 0.3) is 22.8 Å². The summed E-state index contributed by atoms with van der Waals surface area (Å²) in [6.07, 6.45) is -3.34. The van der Waals surface area contributed by atoms with Gasteiger partial charge in [0.1, 0.15) is 5.56 Å². The monoisotopic (exact) mass is 386 g/mol. The zero-order valence-corrected chi connectivity index (χ0v) is 14.1. The molecule has 0 aliphatic heterocycles. The van der Waals surface area contributed by atoms with Crippen molar-refractivity contribution in [3.8, 4) is 22.8 Å². The van der Waals surface area contributed by atoms with Crippen molar-refractivity contribution in [1.82, 2.24) is 19.3 Å². The normalized spacial score (nSPS) is 11.8. The molecule has 7 nitrogen and oxygen atoms in total. The van der Waals surface area contributed by atoms with Crippen LogP contribution in [0.4, 0.5) is 13.2 Å². The van der Waals surface area contributed by atoms with E-state index in [1.54, 1.807) is 0 Å². The van der Waals surface area contributed by atoms with E-state index in [0.717, 1.165) is 22.8 Å². The molecule has 2 heterocycles. The number of rotatable bonds is 2. The molecule has 3 aromatic rings. The second-order valence-electron chi connectivity index (χ2n) is 5.42. The molecule has 0 aliphatic rings. The molecule has 3 rings (SSSR count). The van der Waals surface area contributed by atoms with Gasteiger partial charge in [-0.25, -0.2) is 4.79 Å². The molecule has 0 saturated heterocycles. The van der Waals surface area contributed by atoms with Crippen molar-refractivity contribution in [1.29, 1.82) is 0 Å². The van der Waals surface area contributed by atoms with Crippen molar-refractivity contribution in [2.24, 2.45) is 14.1 Å². The molecule has 0 N–H and O–H groups in total. The van der Waals surface area contributed by atoms with Gasteiger partial charge in [-0.15, -0.1) is 0 Å². The molecule has 0 aliphatic carbocycles. The molecule has 0 spiro atoms. The van der Waals surface area contributed by atoms with Gasteiger partial charge in [-0.1, -0.05) is 16.8 Å². The van der Waals surface area contributed by atoms with Gasteiger partial charge in [0.15, 0.2) is 0 Å². The van der Waals surface area contributed by atoms with Gasteiger partial charge in [-0.3, -0.25) is 9.36 Å². The van der Waals surface area contributed by atoms with Crippen molar-refractivity contribution in [3.05, 3.63) is 55.8 Å². The highest BCUT2D eigenvalue weighted by molar-refractivity contribution is 6.31. The summed E-state index contributed by atoms with van der Waals surface area (Å²) in [7, 11) is 2.74. The minimum atomic E-state index is -4.59. The third-order valence-corrected chi connectivity index (χ3v) is 3.95. The number of aromatic nitrogens is 4. The Bertz CT molecular complexity index is 1110. The predicted octanol–water partition coefficient (Wildman–Crippen LogP) is 2.47. The number of benzene rings is 1. The maximum absolute atomic E-state index is 12.8. The number of hydrogen-bond acceptors (Lipinski definition) is 5. The highest BCUT2D eigenvalue weighted by atomic mass is 35.5. The summed E-state index contributed by atoms with van der Waals surface area (Å²) in [6.45, 7) is 0. The zero-order chi connectivity index (χ0) is 19.2. The Balaban J connectivity index is 2.06. The zero-order valence-electron chi connectivity index (χ0n) is 13.3. The van der Waals surface area contributed by atoms with Crippen LogP contribution in [0, 0.1) is 0 Å². The van der Waals surface area contributed by atoms with Gasteiger partial charge in [-0.2, -0.15) is 18.2 Å². The molecule has 1 aromatic carbocycles.